The highest BCUT2D eigenvalue weighted by atomic mass is 16.5. The Bertz CT molecular complexity index is 1080. The molecule has 1 atom stereocenters. The van der Waals surface area contributed by atoms with Gasteiger partial charge in [-0.1, -0.05) is 12.1 Å². The number of hydrogen-bond acceptors (Lipinski definition) is 4. The summed E-state index contributed by atoms with van der Waals surface area (Å²) in [6.45, 7) is 1.88. The topological polar surface area (TPSA) is 58.5 Å². The van der Waals surface area contributed by atoms with Crippen LogP contribution in [-0.4, -0.2) is 50.7 Å². The third kappa shape index (κ3) is 2.96. The van der Waals surface area contributed by atoms with Gasteiger partial charge in [-0.25, -0.2) is 9.50 Å². The van der Waals surface area contributed by atoms with Gasteiger partial charge in [0.15, 0.2) is 5.65 Å². The summed E-state index contributed by atoms with van der Waals surface area (Å²) in [6.07, 6.45) is 7.42. The highest BCUT2D eigenvalue weighted by molar-refractivity contribution is 5.94. The maximum atomic E-state index is 5.96. The minimum Gasteiger partial charge on any atom is -0.477 e. The van der Waals surface area contributed by atoms with Crippen LogP contribution in [0.25, 0.3) is 27.8 Å². The molecule has 1 N–H and O–H groups in total. The zero-order valence-corrected chi connectivity index (χ0v) is 15.4. The highest BCUT2D eigenvalue weighted by Crippen LogP contribution is 2.28. The number of H-pyrrole nitrogens is 1. The zero-order chi connectivity index (χ0) is 18.2. The van der Waals surface area contributed by atoms with E-state index < -0.39 is 0 Å². The van der Waals surface area contributed by atoms with E-state index in [1.807, 2.05) is 35.1 Å². The van der Waals surface area contributed by atoms with Gasteiger partial charge in [-0.2, -0.15) is 0 Å². The van der Waals surface area contributed by atoms with Crippen LogP contribution in [-0.2, 0) is 0 Å². The molecule has 1 saturated heterocycles. The monoisotopic (exact) mass is 361 g/mol. The van der Waals surface area contributed by atoms with Gasteiger partial charge in [0.2, 0.25) is 5.88 Å². The first kappa shape index (κ1) is 16.3. The predicted octanol–water partition coefficient (Wildman–Crippen LogP) is 3.74. The Morgan fingerprint density at radius 2 is 2.19 bits per heavy atom. The molecule has 1 aromatic carbocycles. The lowest BCUT2D eigenvalue weighted by atomic mass is 10.1. The van der Waals surface area contributed by atoms with Gasteiger partial charge in [-0.15, -0.1) is 5.10 Å². The molecule has 4 heterocycles. The van der Waals surface area contributed by atoms with Crippen LogP contribution in [0.3, 0.4) is 0 Å². The van der Waals surface area contributed by atoms with Crippen molar-refractivity contribution in [1.82, 2.24) is 24.5 Å². The average Bonchev–Trinajstić information content (AvgIpc) is 3.41. The molecule has 0 spiro atoms. The van der Waals surface area contributed by atoms with Crippen molar-refractivity contribution in [2.75, 3.05) is 20.2 Å². The van der Waals surface area contributed by atoms with Crippen molar-refractivity contribution < 1.29 is 4.74 Å². The summed E-state index contributed by atoms with van der Waals surface area (Å²) in [5, 5.41) is 5.86. The van der Waals surface area contributed by atoms with E-state index in [-0.39, 0.29) is 0 Å². The lowest BCUT2D eigenvalue weighted by Crippen LogP contribution is -2.26. The smallest absolute Gasteiger partial charge is 0.231 e. The normalized spacial score (nSPS) is 17.9. The summed E-state index contributed by atoms with van der Waals surface area (Å²) in [5.41, 5.74) is 4.01. The van der Waals surface area contributed by atoms with Crippen LogP contribution in [0, 0.1) is 0 Å². The fourth-order valence-corrected chi connectivity index (χ4v) is 4.07. The second kappa shape index (κ2) is 6.70. The van der Waals surface area contributed by atoms with E-state index in [1.165, 1.54) is 19.4 Å². The van der Waals surface area contributed by atoms with Crippen molar-refractivity contribution in [3.05, 3.63) is 48.8 Å². The number of aromatic nitrogens is 4. The van der Waals surface area contributed by atoms with E-state index in [9.17, 15) is 0 Å². The number of rotatable bonds is 5. The van der Waals surface area contributed by atoms with Gasteiger partial charge in [0, 0.05) is 34.8 Å². The van der Waals surface area contributed by atoms with Crippen LogP contribution in [0.4, 0.5) is 0 Å². The Labute approximate surface area is 157 Å². The number of fused-ring (bicyclic) bond motifs is 2. The van der Waals surface area contributed by atoms with Gasteiger partial charge in [-0.05, 0) is 51.1 Å². The molecule has 6 nitrogen and oxygen atoms in total. The minimum absolute atomic E-state index is 0.628. The van der Waals surface area contributed by atoms with E-state index in [4.69, 9.17) is 9.84 Å². The molecule has 0 bridgehead atoms. The first-order valence-corrected chi connectivity index (χ1v) is 9.54. The van der Waals surface area contributed by atoms with Crippen LogP contribution in [0.5, 0.6) is 5.88 Å². The van der Waals surface area contributed by atoms with Crippen molar-refractivity contribution in [1.29, 1.82) is 0 Å². The highest BCUT2D eigenvalue weighted by Gasteiger charge is 2.20. The van der Waals surface area contributed by atoms with Crippen molar-refractivity contribution in [3.63, 3.8) is 0 Å². The molecule has 0 amide bonds. The van der Waals surface area contributed by atoms with E-state index >= 15 is 0 Å². The Balaban J connectivity index is 1.42. The molecule has 1 unspecified atom stereocenters. The van der Waals surface area contributed by atoms with Crippen molar-refractivity contribution in [2.45, 2.75) is 25.3 Å². The summed E-state index contributed by atoms with van der Waals surface area (Å²) in [4.78, 5) is 10.2. The molecule has 4 aromatic rings. The summed E-state index contributed by atoms with van der Waals surface area (Å²) in [7, 11) is 2.20. The number of aromatic amines is 1. The van der Waals surface area contributed by atoms with Crippen molar-refractivity contribution in [2.24, 2.45) is 0 Å². The largest absolute Gasteiger partial charge is 0.477 e. The SMILES string of the molecule is CN1CCCC1CCOc1ccc2ncc(-c3cccc4[nH]ccc34)n2n1. The average molecular weight is 361 g/mol. The van der Waals surface area contributed by atoms with Gasteiger partial charge in [0.25, 0.3) is 0 Å². The molecule has 27 heavy (non-hydrogen) atoms. The lowest BCUT2D eigenvalue weighted by molar-refractivity contribution is 0.227. The van der Waals surface area contributed by atoms with Crippen molar-refractivity contribution in [3.8, 4) is 17.1 Å². The molecular formula is C21H23N5O. The van der Waals surface area contributed by atoms with E-state index in [0.717, 1.165) is 34.2 Å². The quantitative estimate of drug-likeness (QED) is 0.588. The zero-order valence-electron chi connectivity index (χ0n) is 15.4. The first-order valence-electron chi connectivity index (χ1n) is 9.54. The van der Waals surface area contributed by atoms with E-state index in [0.29, 0.717) is 18.5 Å². The minimum atomic E-state index is 0.628. The summed E-state index contributed by atoms with van der Waals surface area (Å²) >= 11 is 0. The van der Waals surface area contributed by atoms with E-state index in [2.05, 4.69) is 40.1 Å². The van der Waals surface area contributed by atoms with E-state index in [1.54, 1.807) is 0 Å². The second-order valence-corrected chi connectivity index (χ2v) is 7.24. The molecule has 5 rings (SSSR count). The number of hydrogen-bond donors (Lipinski definition) is 1. The fourth-order valence-electron chi connectivity index (χ4n) is 4.07. The molecule has 1 aliphatic rings. The Morgan fingerprint density at radius 3 is 3.07 bits per heavy atom. The first-order chi connectivity index (χ1) is 13.3. The lowest BCUT2D eigenvalue weighted by Gasteiger charge is -2.19. The summed E-state index contributed by atoms with van der Waals surface area (Å²) in [5.74, 6) is 0.642. The molecule has 0 aliphatic carbocycles. The second-order valence-electron chi connectivity index (χ2n) is 7.24. The van der Waals surface area contributed by atoms with Crippen LogP contribution >= 0.6 is 0 Å². The number of benzene rings is 1. The molecule has 1 fully saturated rings. The molecule has 1 aliphatic heterocycles. The Kier molecular flexibility index (Phi) is 4.05. The number of likely N-dealkylation sites (tertiary alicyclic amines) is 1. The number of nitrogens with one attached hydrogen (secondary N) is 1. The van der Waals surface area contributed by atoms with Gasteiger partial charge in [0.1, 0.15) is 0 Å². The number of imidazole rings is 1. The third-order valence-electron chi connectivity index (χ3n) is 5.58. The molecule has 0 radical (unpaired) electrons. The molecular weight excluding hydrogens is 338 g/mol. The molecule has 3 aromatic heterocycles. The summed E-state index contributed by atoms with van der Waals surface area (Å²) in [6, 6.07) is 12.8. The van der Waals surface area contributed by atoms with Gasteiger partial charge >= 0.3 is 0 Å². The van der Waals surface area contributed by atoms with Crippen LogP contribution < -0.4 is 4.74 Å². The molecule has 6 heteroatoms. The van der Waals surface area contributed by atoms with Crippen LogP contribution in [0.15, 0.2) is 48.8 Å². The fraction of sp³-hybridized carbons (Fsp3) is 0.333. The van der Waals surface area contributed by atoms with Gasteiger partial charge in [0.05, 0.1) is 18.5 Å². The Hall–Kier alpha value is -2.86. The van der Waals surface area contributed by atoms with Gasteiger partial charge in [-0.3, -0.25) is 0 Å². The van der Waals surface area contributed by atoms with Crippen molar-refractivity contribution >= 4 is 16.6 Å². The van der Waals surface area contributed by atoms with Crippen LogP contribution in [0.2, 0.25) is 0 Å². The number of nitrogens with zero attached hydrogens (tertiary/aromatic N) is 4. The summed E-state index contributed by atoms with van der Waals surface area (Å²) < 4.78 is 7.84. The standard InChI is InChI=1S/C21H23N5O/c1-25-12-3-4-15(25)10-13-27-21-8-7-20-23-14-19(26(20)24-21)17-5-2-6-18-16(17)9-11-22-18/h2,5-9,11,14-15,22H,3-4,10,12-13H2,1H3. The maximum Gasteiger partial charge on any atom is 0.231 e. The maximum absolute atomic E-state index is 5.96. The molecule has 0 saturated carbocycles. The Morgan fingerprint density at radius 1 is 1.22 bits per heavy atom. The third-order valence-corrected chi connectivity index (χ3v) is 5.58. The van der Waals surface area contributed by atoms with Gasteiger partial charge < -0.3 is 14.6 Å². The molecule has 138 valence electrons. The number of ether oxygens (including phenoxy) is 1. The van der Waals surface area contributed by atoms with Crippen LogP contribution in [0.1, 0.15) is 19.3 Å². The predicted molar refractivity (Wildman–Crippen MR) is 106 cm³/mol.